The Morgan fingerprint density at radius 1 is 0.968 bits per heavy atom. The van der Waals surface area contributed by atoms with Crippen LogP contribution in [0.2, 0.25) is 0 Å². The summed E-state index contributed by atoms with van der Waals surface area (Å²) in [5.74, 6) is -1.22. The molecule has 0 aliphatic rings. The van der Waals surface area contributed by atoms with Crippen LogP contribution in [-0.2, 0) is 17.4 Å². The molecule has 3 aromatic rings. The van der Waals surface area contributed by atoms with Gasteiger partial charge in [0.05, 0.1) is 5.56 Å². The summed E-state index contributed by atoms with van der Waals surface area (Å²) in [5.41, 5.74) is 0.381. The molecular weight excluding hydrogens is 408 g/mol. The number of benzene rings is 3. The van der Waals surface area contributed by atoms with Gasteiger partial charge < -0.3 is 5.32 Å². The number of rotatable bonds is 5. The molecule has 0 fully saturated rings. The molecule has 0 radical (unpaired) electrons. The van der Waals surface area contributed by atoms with Gasteiger partial charge in [-0.2, -0.15) is 18.4 Å². The summed E-state index contributed by atoms with van der Waals surface area (Å²) in [4.78, 5) is 12.5. The van der Waals surface area contributed by atoms with Gasteiger partial charge in [-0.25, -0.2) is 4.39 Å². The molecule has 3 rings (SSSR count). The average molecular weight is 424 g/mol. The molecule has 0 aliphatic heterocycles. The minimum atomic E-state index is -4.56. The zero-order chi connectivity index (χ0) is 22.4. The van der Waals surface area contributed by atoms with Gasteiger partial charge in [-0.05, 0) is 47.0 Å². The second-order valence-electron chi connectivity index (χ2n) is 6.67. The van der Waals surface area contributed by atoms with Crippen molar-refractivity contribution in [2.75, 3.05) is 5.32 Å². The second-order valence-corrected chi connectivity index (χ2v) is 6.67. The van der Waals surface area contributed by atoms with E-state index in [0.717, 1.165) is 18.2 Å². The monoisotopic (exact) mass is 424 g/mol. The standard InChI is InChI=1S/C24H16F4N2O/c25-22-11-4-3-8-18(22)12-16-6-1-2-7-17(16)13-19(15-29)23(31)30-21-10-5-9-20(14-21)24(26,27)28/h1-11,13-14H,12H2,(H,30,31)/b19-13+. The van der Waals surface area contributed by atoms with Crippen molar-refractivity contribution in [3.63, 3.8) is 0 Å². The Hall–Kier alpha value is -3.92. The first-order valence-electron chi connectivity index (χ1n) is 9.19. The molecule has 0 heterocycles. The van der Waals surface area contributed by atoms with E-state index in [4.69, 9.17) is 0 Å². The van der Waals surface area contributed by atoms with Crippen molar-refractivity contribution in [2.24, 2.45) is 0 Å². The number of carbonyl (C=O) groups is 1. The van der Waals surface area contributed by atoms with Gasteiger partial charge in [0, 0.05) is 12.1 Å². The van der Waals surface area contributed by atoms with E-state index in [1.54, 1.807) is 48.5 Å². The maximum Gasteiger partial charge on any atom is 0.416 e. The Balaban J connectivity index is 1.86. The highest BCUT2D eigenvalue weighted by Gasteiger charge is 2.30. The SMILES string of the molecule is N#C/C(=C\c1ccccc1Cc1ccccc1F)C(=O)Nc1cccc(C(F)(F)F)c1. The van der Waals surface area contributed by atoms with Crippen LogP contribution in [0, 0.1) is 17.1 Å². The predicted molar refractivity (Wildman–Crippen MR) is 109 cm³/mol. The first kappa shape index (κ1) is 21.8. The number of hydrogen-bond acceptors (Lipinski definition) is 2. The second kappa shape index (κ2) is 9.26. The highest BCUT2D eigenvalue weighted by molar-refractivity contribution is 6.09. The number of alkyl halides is 3. The van der Waals surface area contributed by atoms with Gasteiger partial charge in [0.2, 0.25) is 0 Å². The Morgan fingerprint density at radius 3 is 2.32 bits per heavy atom. The molecule has 0 aliphatic carbocycles. The Kier molecular flexibility index (Phi) is 6.51. The third kappa shape index (κ3) is 5.58. The molecule has 3 aromatic carbocycles. The van der Waals surface area contributed by atoms with Crippen LogP contribution in [0.25, 0.3) is 6.08 Å². The van der Waals surface area contributed by atoms with E-state index in [0.29, 0.717) is 16.7 Å². The summed E-state index contributed by atoms with van der Waals surface area (Å²) in [6.45, 7) is 0. The van der Waals surface area contributed by atoms with Crippen molar-refractivity contribution in [3.05, 3.63) is 106 Å². The summed E-state index contributed by atoms with van der Waals surface area (Å²) >= 11 is 0. The Labute approximate surface area is 176 Å². The quantitative estimate of drug-likeness (QED) is 0.311. The molecule has 1 amide bonds. The molecule has 156 valence electrons. The number of anilines is 1. The van der Waals surface area contributed by atoms with Gasteiger partial charge in [0.15, 0.2) is 0 Å². The molecule has 1 N–H and O–H groups in total. The summed E-state index contributed by atoms with van der Waals surface area (Å²) < 4.78 is 52.6. The molecule has 7 heteroatoms. The van der Waals surface area contributed by atoms with E-state index >= 15 is 0 Å². The fourth-order valence-electron chi connectivity index (χ4n) is 2.96. The number of nitrogens with zero attached hydrogens (tertiary/aromatic N) is 1. The number of nitrogens with one attached hydrogen (secondary N) is 1. The average Bonchev–Trinajstić information content (AvgIpc) is 2.74. The lowest BCUT2D eigenvalue weighted by molar-refractivity contribution is -0.137. The van der Waals surface area contributed by atoms with E-state index < -0.39 is 17.6 Å². The van der Waals surface area contributed by atoms with Crippen molar-refractivity contribution >= 4 is 17.7 Å². The molecule has 0 saturated carbocycles. The van der Waals surface area contributed by atoms with Crippen LogP contribution in [-0.4, -0.2) is 5.91 Å². The lowest BCUT2D eigenvalue weighted by atomic mass is 9.98. The minimum absolute atomic E-state index is 0.0828. The summed E-state index contributed by atoms with van der Waals surface area (Å²) in [5, 5.41) is 11.7. The molecule has 3 nitrogen and oxygen atoms in total. The van der Waals surface area contributed by atoms with Crippen molar-refractivity contribution < 1.29 is 22.4 Å². The van der Waals surface area contributed by atoms with Crippen molar-refractivity contribution in [2.45, 2.75) is 12.6 Å². The fourth-order valence-corrected chi connectivity index (χ4v) is 2.96. The number of amides is 1. The van der Waals surface area contributed by atoms with Crippen LogP contribution in [0.3, 0.4) is 0 Å². The van der Waals surface area contributed by atoms with Crippen LogP contribution in [0.5, 0.6) is 0 Å². The van der Waals surface area contributed by atoms with E-state index in [9.17, 15) is 27.6 Å². The van der Waals surface area contributed by atoms with Gasteiger partial charge in [0.25, 0.3) is 5.91 Å². The Bertz CT molecular complexity index is 1180. The zero-order valence-corrected chi connectivity index (χ0v) is 16.1. The summed E-state index contributed by atoms with van der Waals surface area (Å²) in [7, 11) is 0. The van der Waals surface area contributed by atoms with Crippen molar-refractivity contribution in [1.29, 1.82) is 5.26 Å². The highest BCUT2D eigenvalue weighted by atomic mass is 19.4. The fraction of sp³-hybridized carbons (Fsp3) is 0.0833. The first-order valence-corrected chi connectivity index (χ1v) is 9.19. The number of carbonyl (C=O) groups excluding carboxylic acids is 1. The minimum Gasteiger partial charge on any atom is -0.321 e. The normalized spacial score (nSPS) is 11.6. The topological polar surface area (TPSA) is 52.9 Å². The van der Waals surface area contributed by atoms with Gasteiger partial charge in [-0.1, -0.05) is 48.5 Å². The van der Waals surface area contributed by atoms with Crippen LogP contribution < -0.4 is 5.32 Å². The highest BCUT2D eigenvalue weighted by Crippen LogP contribution is 2.30. The lowest BCUT2D eigenvalue weighted by Crippen LogP contribution is -2.14. The van der Waals surface area contributed by atoms with E-state index in [1.807, 2.05) is 0 Å². The maximum atomic E-state index is 14.0. The van der Waals surface area contributed by atoms with Crippen LogP contribution in [0.4, 0.5) is 23.2 Å². The summed E-state index contributed by atoms with van der Waals surface area (Å²) in [6, 6.07) is 19.1. The molecule has 0 aromatic heterocycles. The molecule has 0 unspecified atom stereocenters. The number of halogens is 4. The van der Waals surface area contributed by atoms with Crippen molar-refractivity contribution in [1.82, 2.24) is 0 Å². The lowest BCUT2D eigenvalue weighted by Gasteiger charge is -2.10. The van der Waals surface area contributed by atoms with E-state index in [-0.39, 0.29) is 23.5 Å². The summed E-state index contributed by atoms with van der Waals surface area (Å²) in [6.07, 6.45) is -2.98. The smallest absolute Gasteiger partial charge is 0.321 e. The number of nitriles is 1. The molecular formula is C24H16F4N2O. The van der Waals surface area contributed by atoms with Crippen LogP contribution in [0.1, 0.15) is 22.3 Å². The maximum absolute atomic E-state index is 14.0. The molecule has 0 saturated heterocycles. The van der Waals surface area contributed by atoms with Gasteiger partial charge >= 0.3 is 6.18 Å². The molecule has 0 atom stereocenters. The third-order valence-electron chi connectivity index (χ3n) is 4.51. The van der Waals surface area contributed by atoms with E-state index in [1.165, 1.54) is 18.2 Å². The van der Waals surface area contributed by atoms with Gasteiger partial charge in [-0.15, -0.1) is 0 Å². The molecule has 0 bridgehead atoms. The van der Waals surface area contributed by atoms with Crippen molar-refractivity contribution in [3.8, 4) is 6.07 Å². The van der Waals surface area contributed by atoms with E-state index in [2.05, 4.69) is 5.32 Å². The molecule has 0 spiro atoms. The predicted octanol–water partition coefficient (Wildman–Crippen LogP) is 5.98. The van der Waals surface area contributed by atoms with Crippen LogP contribution in [0.15, 0.2) is 78.4 Å². The van der Waals surface area contributed by atoms with Gasteiger partial charge in [0.1, 0.15) is 17.5 Å². The largest absolute Gasteiger partial charge is 0.416 e. The zero-order valence-electron chi connectivity index (χ0n) is 16.1. The first-order chi connectivity index (χ1) is 14.8. The Morgan fingerprint density at radius 2 is 1.65 bits per heavy atom. The number of hydrogen-bond donors (Lipinski definition) is 1. The third-order valence-corrected chi connectivity index (χ3v) is 4.51. The molecule has 31 heavy (non-hydrogen) atoms. The van der Waals surface area contributed by atoms with Gasteiger partial charge in [-0.3, -0.25) is 4.79 Å². The van der Waals surface area contributed by atoms with Crippen LogP contribution >= 0.6 is 0 Å².